The molecular weight excluding hydrogens is 295 g/mol. The summed E-state index contributed by atoms with van der Waals surface area (Å²) in [5, 5.41) is 0.941. The number of hydrogen-bond acceptors (Lipinski definition) is 4. The summed E-state index contributed by atoms with van der Waals surface area (Å²) in [4.78, 5) is 12.5. The Balaban J connectivity index is 2.50. The molecule has 0 aliphatic carbocycles. The number of aromatic nitrogens is 2. The highest BCUT2D eigenvalue weighted by Gasteiger charge is 2.10. The number of halogens is 2. The number of nitrogens with zero attached hydrogens (tertiary/aromatic N) is 3. The molecule has 0 fully saturated rings. The first-order valence-electron chi connectivity index (χ1n) is 5.78. The summed E-state index contributed by atoms with van der Waals surface area (Å²) in [6.45, 7) is 0. The van der Waals surface area contributed by atoms with Gasteiger partial charge in [0.05, 0.1) is 11.9 Å². The van der Waals surface area contributed by atoms with Crippen LogP contribution in [0.1, 0.15) is 5.69 Å². The Morgan fingerprint density at radius 3 is 2.55 bits per heavy atom. The quantitative estimate of drug-likeness (QED) is 0.883. The Labute approximate surface area is 127 Å². The molecule has 0 spiro atoms. The first kappa shape index (κ1) is 14.5. The third kappa shape index (κ3) is 3.15. The lowest BCUT2D eigenvalue weighted by molar-refractivity contribution is 1.18. The van der Waals surface area contributed by atoms with Crippen LogP contribution in [0.5, 0.6) is 0 Å². The number of rotatable bonds is 3. The minimum atomic E-state index is 0.277. The average Bonchev–Trinajstić information content (AvgIpc) is 2.46. The summed E-state index contributed by atoms with van der Waals surface area (Å²) in [6, 6.07) is 7.31. The fourth-order valence-corrected chi connectivity index (χ4v) is 1.97. The van der Waals surface area contributed by atoms with Gasteiger partial charge in [-0.05, 0) is 12.1 Å². The standard InChI is InChI=1S/C14H12Cl2N4/c1-18-7-10(6-17)13-14(16)19-8-12(20-13)9-2-4-11(15)5-3-9/h2-8H,17H2,1H3. The van der Waals surface area contributed by atoms with Crippen molar-refractivity contribution in [3.63, 3.8) is 0 Å². The predicted molar refractivity (Wildman–Crippen MR) is 84.1 cm³/mol. The lowest BCUT2D eigenvalue weighted by Crippen LogP contribution is -1.99. The summed E-state index contributed by atoms with van der Waals surface area (Å²) < 4.78 is 0. The largest absolute Gasteiger partial charge is 0.404 e. The van der Waals surface area contributed by atoms with Crippen molar-refractivity contribution in [2.45, 2.75) is 0 Å². The van der Waals surface area contributed by atoms with Gasteiger partial charge in [0.1, 0.15) is 5.69 Å². The maximum atomic E-state index is 6.07. The number of hydrogen-bond donors (Lipinski definition) is 1. The van der Waals surface area contributed by atoms with Crippen LogP contribution in [0, 0.1) is 0 Å². The van der Waals surface area contributed by atoms with Crippen molar-refractivity contribution < 1.29 is 0 Å². The van der Waals surface area contributed by atoms with E-state index in [1.165, 1.54) is 6.20 Å². The van der Waals surface area contributed by atoms with Gasteiger partial charge in [0, 0.05) is 35.6 Å². The topological polar surface area (TPSA) is 64.2 Å². The molecule has 0 aliphatic heterocycles. The van der Waals surface area contributed by atoms with Gasteiger partial charge in [0.25, 0.3) is 0 Å². The Morgan fingerprint density at radius 2 is 1.95 bits per heavy atom. The molecule has 0 bridgehead atoms. The molecule has 2 rings (SSSR count). The SMILES string of the molecule is CN=CC(=CN)c1nc(-c2ccc(Cl)cc2)cnc1Cl. The van der Waals surface area contributed by atoms with E-state index >= 15 is 0 Å². The highest BCUT2D eigenvalue weighted by Crippen LogP contribution is 2.24. The molecule has 1 aromatic carbocycles. The van der Waals surface area contributed by atoms with Gasteiger partial charge in [-0.3, -0.25) is 4.99 Å². The second-order valence-electron chi connectivity index (χ2n) is 3.91. The van der Waals surface area contributed by atoms with Crippen LogP contribution < -0.4 is 5.73 Å². The molecule has 0 unspecified atom stereocenters. The Kier molecular flexibility index (Phi) is 4.71. The van der Waals surface area contributed by atoms with Gasteiger partial charge in [-0.15, -0.1) is 0 Å². The van der Waals surface area contributed by atoms with E-state index in [1.54, 1.807) is 31.6 Å². The lowest BCUT2D eigenvalue weighted by atomic mass is 10.1. The lowest BCUT2D eigenvalue weighted by Gasteiger charge is -2.06. The van der Waals surface area contributed by atoms with Gasteiger partial charge in [0.2, 0.25) is 0 Å². The van der Waals surface area contributed by atoms with Crippen LogP contribution in [0.2, 0.25) is 10.2 Å². The van der Waals surface area contributed by atoms with Crippen LogP contribution in [0.25, 0.3) is 16.8 Å². The first-order valence-corrected chi connectivity index (χ1v) is 6.54. The molecule has 0 saturated carbocycles. The zero-order valence-electron chi connectivity index (χ0n) is 10.7. The van der Waals surface area contributed by atoms with Gasteiger partial charge in [-0.2, -0.15) is 0 Å². The van der Waals surface area contributed by atoms with E-state index in [1.807, 2.05) is 12.1 Å². The van der Waals surface area contributed by atoms with Gasteiger partial charge < -0.3 is 5.73 Å². The molecule has 4 nitrogen and oxygen atoms in total. The molecule has 6 heteroatoms. The Hall–Kier alpha value is -1.91. The van der Waals surface area contributed by atoms with Crippen LogP contribution in [-0.2, 0) is 0 Å². The molecule has 1 heterocycles. The highest BCUT2D eigenvalue weighted by atomic mass is 35.5. The van der Waals surface area contributed by atoms with Crippen molar-refractivity contribution >= 4 is 35.0 Å². The number of aliphatic imine (C=N–C) groups is 1. The number of benzene rings is 1. The summed E-state index contributed by atoms with van der Waals surface area (Å²) in [5.41, 5.74) is 8.25. The van der Waals surface area contributed by atoms with E-state index in [9.17, 15) is 0 Å². The minimum absolute atomic E-state index is 0.277. The maximum Gasteiger partial charge on any atom is 0.155 e. The molecule has 0 amide bonds. The average molecular weight is 307 g/mol. The molecule has 0 aliphatic rings. The van der Waals surface area contributed by atoms with Crippen molar-refractivity contribution in [3.05, 3.63) is 52.5 Å². The van der Waals surface area contributed by atoms with E-state index in [0.717, 1.165) is 5.56 Å². The first-order chi connectivity index (χ1) is 9.65. The van der Waals surface area contributed by atoms with Crippen LogP contribution >= 0.6 is 23.2 Å². The van der Waals surface area contributed by atoms with E-state index in [0.29, 0.717) is 22.0 Å². The number of nitrogens with two attached hydrogens (primary N) is 1. The zero-order valence-corrected chi connectivity index (χ0v) is 12.2. The Bertz CT molecular complexity index is 663. The van der Waals surface area contributed by atoms with Crippen molar-refractivity contribution in [3.8, 4) is 11.3 Å². The van der Waals surface area contributed by atoms with E-state index < -0.39 is 0 Å². The second-order valence-corrected chi connectivity index (χ2v) is 4.71. The van der Waals surface area contributed by atoms with Gasteiger partial charge in [-0.25, -0.2) is 9.97 Å². The Morgan fingerprint density at radius 1 is 1.25 bits per heavy atom. The van der Waals surface area contributed by atoms with Crippen molar-refractivity contribution in [1.82, 2.24) is 9.97 Å². The van der Waals surface area contributed by atoms with Crippen molar-refractivity contribution in [2.75, 3.05) is 7.05 Å². The summed E-state index contributed by atoms with van der Waals surface area (Å²) in [5.74, 6) is 0. The summed E-state index contributed by atoms with van der Waals surface area (Å²) >= 11 is 11.9. The van der Waals surface area contributed by atoms with Crippen LogP contribution in [0.3, 0.4) is 0 Å². The zero-order chi connectivity index (χ0) is 14.5. The van der Waals surface area contributed by atoms with Crippen LogP contribution in [-0.4, -0.2) is 23.2 Å². The minimum Gasteiger partial charge on any atom is -0.404 e. The fourth-order valence-electron chi connectivity index (χ4n) is 1.64. The number of allylic oxidation sites excluding steroid dienone is 1. The van der Waals surface area contributed by atoms with Crippen molar-refractivity contribution in [2.24, 2.45) is 10.7 Å². The molecular formula is C14H12Cl2N4. The molecule has 2 aromatic rings. The molecule has 20 heavy (non-hydrogen) atoms. The second kappa shape index (κ2) is 6.50. The van der Waals surface area contributed by atoms with Crippen LogP contribution in [0.4, 0.5) is 0 Å². The molecule has 0 saturated heterocycles. The normalized spacial score (nSPS) is 12.1. The summed E-state index contributed by atoms with van der Waals surface area (Å²) in [6.07, 6.45) is 4.59. The van der Waals surface area contributed by atoms with E-state index in [2.05, 4.69) is 15.0 Å². The highest BCUT2D eigenvalue weighted by molar-refractivity contribution is 6.32. The van der Waals surface area contributed by atoms with Crippen LogP contribution in [0.15, 0.2) is 41.7 Å². The van der Waals surface area contributed by atoms with Gasteiger partial charge >= 0.3 is 0 Å². The van der Waals surface area contributed by atoms with Gasteiger partial charge in [-0.1, -0.05) is 35.3 Å². The molecule has 2 N–H and O–H groups in total. The van der Waals surface area contributed by atoms with E-state index in [4.69, 9.17) is 28.9 Å². The molecule has 1 aromatic heterocycles. The third-order valence-electron chi connectivity index (χ3n) is 2.59. The van der Waals surface area contributed by atoms with Gasteiger partial charge in [0.15, 0.2) is 5.15 Å². The molecule has 0 radical (unpaired) electrons. The van der Waals surface area contributed by atoms with Crippen molar-refractivity contribution in [1.29, 1.82) is 0 Å². The monoisotopic (exact) mass is 306 g/mol. The smallest absolute Gasteiger partial charge is 0.155 e. The van der Waals surface area contributed by atoms with E-state index in [-0.39, 0.29) is 5.15 Å². The fraction of sp³-hybridized carbons (Fsp3) is 0.0714. The predicted octanol–water partition coefficient (Wildman–Crippen LogP) is 3.45. The third-order valence-corrected chi connectivity index (χ3v) is 3.12. The molecule has 102 valence electrons. The molecule has 0 atom stereocenters. The summed E-state index contributed by atoms with van der Waals surface area (Å²) in [7, 11) is 1.65. The maximum absolute atomic E-state index is 6.07.